The van der Waals surface area contributed by atoms with Crippen molar-refractivity contribution in [3.05, 3.63) is 89.5 Å². The summed E-state index contributed by atoms with van der Waals surface area (Å²) in [4.78, 5) is 13.5. The summed E-state index contributed by atoms with van der Waals surface area (Å²) in [5, 5.41) is 0.947. The molecule has 1 aliphatic carbocycles. The van der Waals surface area contributed by atoms with Crippen LogP contribution in [0.4, 0.5) is 4.79 Å². The Morgan fingerprint density at radius 2 is 1.64 bits per heavy atom. The summed E-state index contributed by atoms with van der Waals surface area (Å²) in [6.07, 6.45) is 0.777. The van der Waals surface area contributed by atoms with E-state index in [4.69, 9.17) is 4.74 Å². The predicted octanol–water partition coefficient (Wildman–Crippen LogP) is 5.85. The average Bonchev–Trinajstić information content (AvgIpc) is 3.37. The SMILES string of the molecule is Cc1ccccc1S(=O)(=O)NC1Cc2ccc(-c3cc4ccccc4n3C(=O)OC(C)(C)C)cc2C1. The first-order valence-corrected chi connectivity index (χ1v) is 13.5. The van der Waals surface area contributed by atoms with E-state index in [2.05, 4.69) is 10.8 Å². The summed E-state index contributed by atoms with van der Waals surface area (Å²) in [7, 11) is -3.62. The topological polar surface area (TPSA) is 77.4 Å². The molecule has 1 aromatic heterocycles. The molecular weight excluding hydrogens is 472 g/mol. The highest BCUT2D eigenvalue weighted by atomic mass is 32.2. The summed E-state index contributed by atoms with van der Waals surface area (Å²) < 4.78 is 36.3. The number of aryl methyl sites for hydroxylation is 1. The van der Waals surface area contributed by atoms with Crippen molar-refractivity contribution < 1.29 is 17.9 Å². The summed E-state index contributed by atoms with van der Waals surface area (Å²) in [5.41, 5.74) is 4.69. The van der Waals surface area contributed by atoms with Gasteiger partial charge in [0.25, 0.3) is 0 Å². The lowest BCUT2D eigenvalue weighted by molar-refractivity contribution is 0.0547. The molecule has 0 amide bonds. The Kier molecular flexibility index (Phi) is 6.01. The van der Waals surface area contributed by atoms with Crippen LogP contribution in [-0.4, -0.2) is 30.7 Å². The molecule has 1 atom stereocenters. The molecule has 0 aliphatic heterocycles. The van der Waals surface area contributed by atoms with Crippen LogP contribution in [0.15, 0.2) is 77.7 Å². The van der Waals surface area contributed by atoms with Gasteiger partial charge in [0, 0.05) is 11.4 Å². The van der Waals surface area contributed by atoms with Gasteiger partial charge in [0.2, 0.25) is 10.0 Å². The monoisotopic (exact) mass is 502 g/mol. The molecule has 1 heterocycles. The highest BCUT2D eigenvalue weighted by molar-refractivity contribution is 7.89. The molecule has 186 valence electrons. The summed E-state index contributed by atoms with van der Waals surface area (Å²) >= 11 is 0. The predicted molar refractivity (Wildman–Crippen MR) is 142 cm³/mol. The largest absolute Gasteiger partial charge is 0.443 e. The first kappa shape index (κ1) is 24.3. The van der Waals surface area contributed by atoms with Crippen LogP contribution in [0.2, 0.25) is 0 Å². The summed E-state index contributed by atoms with van der Waals surface area (Å²) in [6, 6.07) is 22.6. The molecule has 1 aliphatic rings. The fourth-order valence-corrected chi connectivity index (χ4v) is 6.36. The normalized spacial score (nSPS) is 15.7. The number of fused-ring (bicyclic) bond motifs is 2. The second-order valence-corrected chi connectivity index (χ2v) is 12.1. The van der Waals surface area contributed by atoms with Gasteiger partial charge in [-0.3, -0.25) is 0 Å². The molecule has 0 bridgehead atoms. The van der Waals surface area contributed by atoms with E-state index >= 15 is 0 Å². The number of para-hydroxylation sites is 1. The van der Waals surface area contributed by atoms with Crippen molar-refractivity contribution in [1.29, 1.82) is 0 Å². The van der Waals surface area contributed by atoms with Gasteiger partial charge in [0.05, 0.1) is 16.1 Å². The Bertz CT molecular complexity index is 1580. The number of carbonyl (C=O) groups excluding carboxylic acids is 1. The van der Waals surface area contributed by atoms with Crippen LogP contribution in [0.1, 0.15) is 37.5 Å². The number of sulfonamides is 1. The molecular formula is C29H30N2O4S. The van der Waals surface area contributed by atoms with Crippen LogP contribution in [-0.2, 0) is 27.6 Å². The van der Waals surface area contributed by atoms with Gasteiger partial charge in [0.1, 0.15) is 5.60 Å². The van der Waals surface area contributed by atoms with Gasteiger partial charge in [0.15, 0.2) is 0 Å². The van der Waals surface area contributed by atoms with Gasteiger partial charge >= 0.3 is 6.09 Å². The number of ether oxygens (including phenoxy) is 1. The number of carbonyl (C=O) groups is 1. The number of aromatic nitrogens is 1. The molecule has 7 heteroatoms. The third-order valence-corrected chi connectivity index (χ3v) is 8.11. The van der Waals surface area contributed by atoms with E-state index in [1.807, 2.05) is 69.3 Å². The minimum atomic E-state index is -3.62. The van der Waals surface area contributed by atoms with E-state index in [-0.39, 0.29) is 6.04 Å². The van der Waals surface area contributed by atoms with Gasteiger partial charge in [-0.25, -0.2) is 22.5 Å². The van der Waals surface area contributed by atoms with E-state index in [1.165, 1.54) is 0 Å². The number of nitrogens with zero attached hydrogens (tertiary/aromatic N) is 1. The third kappa shape index (κ3) is 4.68. The lowest BCUT2D eigenvalue weighted by Gasteiger charge is -2.21. The zero-order chi connectivity index (χ0) is 25.7. The molecule has 36 heavy (non-hydrogen) atoms. The zero-order valence-corrected chi connectivity index (χ0v) is 21.7. The summed E-state index contributed by atoms with van der Waals surface area (Å²) in [5.74, 6) is 0. The van der Waals surface area contributed by atoms with Crippen molar-refractivity contribution in [1.82, 2.24) is 9.29 Å². The van der Waals surface area contributed by atoms with Gasteiger partial charge in [-0.05, 0) is 87.1 Å². The molecule has 1 unspecified atom stereocenters. The lowest BCUT2D eigenvalue weighted by Crippen LogP contribution is -2.35. The fraction of sp³-hybridized carbons (Fsp3) is 0.276. The molecule has 0 radical (unpaired) electrons. The molecule has 5 rings (SSSR count). The van der Waals surface area contributed by atoms with Crippen molar-refractivity contribution in [3.8, 4) is 11.3 Å². The van der Waals surface area contributed by atoms with Crippen LogP contribution < -0.4 is 4.72 Å². The van der Waals surface area contributed by atoms with Crippen LogP contribution in [0, 0.1) is 6.92 Å². The van der Waals surface area contributed by atoms with Crippen LogP contribution in [0.25, 0.3) is 22.2 Å². The maximum atomic E-state index is 13.2. The third-order valence-electron chi connectivity index (χ3n) is 6.43. The molecule has 1 N–H and O–H groups in total. The Labute approximate surface area is 212 Å². The van der Waals surface area contributed by atoms with Gasteiger partial charge in [-0.1, -0.05) is 48.5 Å². The Morgan fingerprint density at radius 1 is 0.944 bits per heavy atom. The standard InChI is InChI=1S/C29H30N2O4S/c1-19-9-5-8-12-27(19)36(33,34)30-24-16-20-13-14-22(15-23(20)17-24)26-18-21-10-6-7-11-25(21)31(26)28(32)35-29(2,3)4/h5-15,18,24,30H,16-17H2,1-4H3. The van der Waals surface area contributed by atoms with Gasteiger partial charge < -0.3 is 4.74 Å². The van der Waals surface area contributed by atoms with E-state index in [1.54, 1.807) is 29.7 Å². The first-order valence-electron chi connectivity index (χ1n) is 12.1. The van der Waals surface area contributed by atoms with Crippen LogP contribution in [0.3, 0.4) is 0 Å². The second kappa shape index (κ2) is 8.91. The highest BCUT2D eigenvalue weighted by Crippen LogP contribution is 2.33. The van der Waals surface area contributed by atoms with Gasteiger partial charge in [-0.15, -0.1) is 0 Å². The lowest BCUT2D eigenvalue weighted by atomic mass is 10.0. The number of rotatable bonds is 4. The van der Waals surface area contributed by atoms with Crippen molar-refractivity contribution in [3.63, 3.8) is 0 Å². The minimum Gasteiger partial charge on any atom is -0.443 e. The van der Waals surface area contributed by atoms with E-state index < -0.39 is 21.7 Å². The minimum absolute atomic E-state index is 0.225. The summed E-state index contributed by atoms with van der Waals surface area (Å²) in [6.45, 7) is 7.35. The molecule has 4 aromatic rings. The molecule has 0 saturated heterocycles. The van der Waals surface area contributed by atoms with Crippen molar-refractivity contribution in [2.75, 3.05) is 0 Å². The van der Waals surface area contributed by atoms with Gasteiger partial charge in [-0.2, -0.15) is 0 Å². The van der Waals surface area contributed by atoms with Crippen molar-refractivity contribution in [2.45, 2.75) is 57.1 Å². The number of hydrogen-bond donors (Lipinski definition) is 1. The van der Waals surface area contributed by atoms with Crippen LogP contribution in [0.5, 0.6) is 0 Å². The first-order chi connectivity index (χ1) is 17.0. The maximum Gasteiger partial charge on any atom is 0.419 e. The molecule has 3 aromatic carbocycles. The Hall–Kier alpha value is -3.42. The second-order valence-electron chi connectivity index (χ2n) is 10.4. The fourth-order valence-electron chi connectivity index (χ4n) is 4.87. The van der Waals surface area contributed by atoms with E-state index in [9.17, 15) is 13.2 Å². The van der Waals surface area contributed by atoms with E-state index in [0.29, 0.717) is 17.7 Å². The smallest absolute Gasteiger partial charge is 0.419 e. The molecule has 0 saturated carbocycles. The van der Waals surface area contributed by atoms with Crippen molar-refractivity contribution >= 4 is 27.0 Å². The maximum absolute atomic E-state index is 13.2. The quantitative estimate of drug-likeness (QED) is 0.380. The Balaban J connectivity index is 1.46. The highest BCUT2D eigenvalue weighted by Gasteiger charge is 2.28. The number of benzene rings is 3. The Morgan fingerprint density at radius 3 is 2.39 bits per heavy atom. The molecule has 6 nitrogen and oxygen atoms in total. The average molecular weight is 503 g/mol. The van der Waals surface area contributed by atoms with Crippen molar-refractivity contribution in [2.24, 2.45) is 0 Å². The van der Waals surface area contributed by atoms with Crippen LogP contribution >= 0.6 is 0 Å². The number of hydrogen-bond acceptors (Lipinski definition) is 4. The number of nitrogens with one attached hydrogen (secondary N) is 1. The molecule has 0 fully saturated rings. The van der Waals surface area contributed by atoms with E-state index in [0.717, 1.165) is 38.9 Å². The molecule has 0 spiro atoms. The zero-order valence-electron chi connectivity index (χ0n) is 20.9.